The summed E-state index contributed by atoms with van der Waals surface area (Å²) in [5.41, 5.74) is 1.77. The Kier molecular flexibility index (Phi) is 6.19. The molecule has 0 saturated heterocycles. The lowest BCUT2D eigenvalue weighted by molar-refractivity contribution is -0.387. The summed E-state index contributed by atoms with van der Waals surface area (Å²) in [5, 5.41) is 13.9. The molecule has 0 unspecified atom stereocenters. The lowest BCUT2D eigenvalue weighted by Gasteiger charge is -2.17. The van der Waals surface area contributed by atoms with Gasteiger partial charge in [0.25, 0.3) is 5.69 Å². The van der Waals surface area contributed by atoms with Crippen LogP contribution < -0.4 is 5.32 Å². The van der Waals surface area contributed by atoms with E-state index in [2.05, 4.69) is 5.32 Å². The highest BCUT2D eigenvalue weighted by Gasteiger charge is 2.31. The number of sulfonamides is 1. The number of benzene rings is 2. The maximum atomic E-state index is 12.7. The molecule has 0 aromatic heterocycles. The first-order valence-electron chi connectivity index (χ1n) is 7.80. The Labute approximate surface area is 162 Å². The molecule has 27 heavy (non-hydrogen) atoms. The van der Waals surface area contributed by atoms with Crippen molar-refractivity contribution in [3.05, 3.63) is 62.7 Å². The lowest BCUT2D eigenvalue weighted by atomic mass is 10.1. The third-order valence-electron chi connectivity index (χ3n) is 4.05. The number of halogens is 1. The molecule has 1 N–H and O–H groups in total. The fourth-order valence-electron chi connectivity index (χ4n) is 2.38. The Morgan fingerprint density at radius 1 is 1.26 bits per heavy atom. The molecule has 0 aliphatic carbocycles. The van der Waals surface area contributed by atoms with E-state index in [1.165, 1.54) is 13.1 Å². The van der Waals surface area contributed by atoms with Gasteiger partial charge in [-0.1, -0.05) is 23.7 Å². The van der Waals surface area contributed by atoms with Crippen molar-refractivity contribution in [1.29, 1.82) is 0 Å². The molecule has 0 saturated carbocycles. The summed E-state index contributed by atoms with van der Waals surface area (Å²) in [6.07, 6.45) is 0. The summed E-state index contributed by atoms with van der Waals surface area (Å²) in [6.45, 7) is 3.22. The van der Waals surface area contributed by atoms with Crippen LogP contribution in [0.3, 0.4) is 0 Å². The zero-order valence-electron chi connectivity index (χ0n) is 14.9. The van der Waals surface area contributed by atoms with Crippen LogP contribution in [0.2, 0.25) is 5.02 Å². The predicted octanol–water partition coefficient (Wildman–Crippen LogP) is 3.12. The monoisotopic (exact) mass is 411 g/mol. The SMILES string of the molecule is Cc1cccc(NC(=O)CN(C)S(=O)(=O)c2ccc(Cl)cc2[N+](=O)[O-])c1C. The van der Waals surface area contributed by atoms with Crippen molar-refractivity contribution in [3.8, 4) is 0 Å². The summed E-state index contributed by atoms with van der Waals surface area (Å²) < 4.78 is 26.1. The number of nitrogens with one attached hydrogen (secondary N) is 1. The van der Waals surface area contributed by atoms with E-state index in [4.69, 9.17) is 11.6 Å². The number of likely N-dealkylation sites (N-methyl/N-ethyl adjacent to an activating group) is 1. The normalized spacial score (nSPS) is 11.4. The summed E-state index contributed by atoms with van der Waals surface area (Å²) in [4.78, 5) is 22.1. The Balaban J connectivity index is 2.24. The Morgan fingerprint density at radius 3 is 2.56 bits per heavy atom. The minimum atomic E-state index is -4.26. The number of hydrogen-bond donors (Lipinski definition) is 1. The second kappa shape index (κ2) is 8.03. The first kappa shape index (κ1) is 20.8. The highest BCUT2D eigenvalue weighted by molar-refractivity contribution is 7.89. The fourth-order valence-corrected chi connectivity index (χ4v) is 3.81. The Bertz CT molecular complexity index is 1010. The standard InChI is InChI=1S/C17H18ClN3O5S/c1-11-5-4-6-14(12(11)2)19-17(22)10-20(3)27(25,26)16-8-7-13(18)9-15(16)21(23)24/h4-9H,10H2,1-3H3,(H,19,22). The molecule has 0 fully saturated rings. The van der Waals surface area contributed by atoms with Crippen LogP contribution in [0.5, 0.6) is 0 Å². The lowest BCUT2D eigenvalue weighted by Crippen LogP contribution is -2.35. The van der Waals surface area contributed by atoms with Crippen LogP contribution in [0.1, 0.15) is 11.1 Å². The molecule has 8 nitrogen and oxygen atoms in total. The number of carbonyl (C=O) groups is 1. The summed E-state index contributed by atoms with van der Waals surface area (Å²) >= 11 is 5.72. The summed E-state index contributed by atoms with van der Waals surface area (Å²) in [5.74, 6) is -0.564. The number of hydrogen-bond acceptors (Lipinski definition) is 5. The average molecular weight is 412 g/mol. The first-order valence-corrected chi connectivity index (χ1v) is 9.62. The molecule has 0 bridgehead atoms. The van der Waals surface area contributed by atoms with Crippen molar-refractivity contribution in [2.45, 2.75) is 18.7 Å². The largest absolute Gasteiger partial charge is 0.325 e. The van der Waals surface area contributed by atoms with Gasteiger partial charge in [-0.2, -0.15) is 4.31 Å². The van der Waals surface area contributed by atoms with Crippen molar-refractivity contribution >= 4 is 38.9 Å². The number of amides is 1. The molecule has 10 heteroatoms. The quantitative estimate of drug-likeness (QED) is 0.580. The van der Waals surface area contributed by atoms with Gasteiger partial charge >= 0.3 is 0 Å². The zero-order valence-corrected chi connectivity index (χ0v) is 16.5. The molecule has 0 aliphatic rings. The molecular weight excluding hydrogens is 394 g/mol. The zero-order chi connectivity index (χ0) is 20.4. The number of carbonyl (C=O) groups excluding carboxylic acids is 1. The highest BCUT2D eigenvalue weighted by Crippen LogP contribution is 2.29. The minimum absolute atomic E-state index is 0.0379. The van der Waals surface area contributed by atoms with Crippen LogP contribution in [-0.4, -0.2) is 37.1 Å². The molecule has 2 rings (SSSR count). The van der Waals surface area contributed by atoms with Crippen molar-refractivity contribution in [2.75, 3.05) is 18.9 Å². The van der Waals surface area contributed by atoms with E-state index < -0.39 is 38.0 Å². The van der Waals surface area contributed by atoms with Gasteiger partial charge in [0.05, 0.1) is 11.5 Å². The van der Waals surface area contributed by atoms with E-state index in [9.17, 15) is 23.3 Å². The van der Waals surface area contributed by atoms with Gasteiger partial charge < -0.3 is 5.32 Å². The topological polar surface area (TPSA) is 110 Å². The van der Waals surface area contributed by atoms with Crippen LogP contribution in [0.4, 0.5) is 11.4 Å². The van der Waals surface area contributed by atoms with Gasteiger partial charge in [-0.25, -0.2) is 8.42 Å². The number of nitro benzene ring substituents is 1. The summed E-state index contributed by atoms with van der Waals surface area (Å²) in [6, 6.07) is 8.62. The smallest absolute Gasteiger partial charge is 0.290 e. The molecule has 2 aromatic rings. The van der Waals surface area contributed by atoms with Crippen molar-refractivity contribution in [3.63, 3.8) is 0 Å². The Hall–Kier alpha value is -2.49. The van der Waals surface area contributed by atoms with Crippen molar-refractivity contribution in [2.24, 2.45) is 0 Å². The number of nitro groups is 1. The van der Waals surface area contributed by atoms with Crippen LogP contribution in [0, 0.1) is 24.0 Å². The van der Waals surface area contributed by atoms with Crippen molar-refractivity contribution in [1.82, 2.24) is 4.31 Å². The maximum absolute atomic E-state index is 12.7. The third-order valence-corrected chi connectivity index (χ3v) is 6.14. The van der Waals surface area contributed by atoms with Crippen molar-refractivity contribution < 1.29 is 18.1 Å². The second-order valence-corrected chi connectivity index (χ2v) is 8.38. The molecule has 0 heterocycles. The number of aryl methyl sites for hydroxylation is 1. The van der Waals surface area contributed by atoms with E-state index >= 15 is 0 Å². The molecule has 1 amide bonds. The minimum Gasteiger partial charge on any atom is -0.325 e. The molecular formula is C17H18ClN3O5S. The maximum Gasteiger partial charge on any atom is 0.290 e. The van der Waals surface area contributed by atoms with Gasteiger partial charge in [0, 0.05) is 23.8 Å². The number of rotatable bonds is 6. The van der Waals surface area contributed by atoms with Gasteiger partial charge in [-0.3, -0.25) is 14.9 Å². The third kappa shape index (κ3) is 4.62. The van der Waals surface area contributed by atoms with Gasteiger partial charge in [0.2, 0.25) is 15.9 Å². The average Bonchev–Trinajstić information content (AvgIpc) is 2.58. The fraction of sp³-hybridized carbons (Fsp3) is 0.235. The van der Waals surface area contributed by atoms with Crippen LogP contribution in [0.15, 0.2) is 41.3 Å². The molecule has 2 aromatic carbocycles. The molecule has 0 radical (unpaired) electrons. The highest BCUT2D eigenvalue weighted by atomic mass is 35.5. The Morgan fingerprint density at radius 2 is 1.93 bits per heavy atom. The van der Waals surface area contributed by atoms with Crippen LogP contribution >= 0.6 is 11.6 Å². The molecule has 144 valence electrons. The van der Waals surface area contributed by atoms with Crippen LogP contribution in [-0.2, 0) is 14.8 Å². The molecule has 0 atom stereocenters. The molecule has 0 aliphatic heterocycles. The number of anilines is 1. The van der Waals surface area contributed by atoms with E-state index in [1.807, 2.05) is 19.9 Å². The van der Waals surface area contributed by atoms with E-state index in [1.54, 1.807) is 12.1 Å². The first-order chi connectivity index (χ1) is 12.5. The van der Waals surface area contributed by atoms with E-state index in [0.29, 0.717) is 5.69 Å². The summed E-state index contributed by atoms with van der Waals surface area (Å²) in [7, 11) is -3.09. The van der Waals surface area contributed by atoms with Gasteiger partial charge in [0.1, 0.15) is 0 Å². The van der Waals surface area contributed by atoms with E-state index in [0.717, 1.165) is 27.6 Å². The van der Waals surface area contributed by atoms with Gasteiger partial charge in [-0.15, -0.1) is 0 Å². The molecule has 0 spiro atoms. The van der Waals surface area contributed by atoms with E-state index in [-0.39, 0.29) is 5.02 Å². The number of nitrogens with zero attached hydrogens (tertiary/aromatic N) is 2. The van der Waals surface area contributed by atoms with Crippen LogP contribution in [0.25, 0.3) is 0 Å². The van der Waals surface area contributed by atoms with Gasteiger partial charge in [0.15, 0.2) is 4.90 Å². The predicted molar refractivity (Wildman–Crippen MR) is 102 cm³/mol. The van der Waals surface area contributed by atoms with Gasteiger partial charge in [-0.05, 0) is 43.2 Å². The second-order valence-electron chi connectivity index (χ2n) is 5.93.